The first-order valence-corrected chi connectivity index (χ1v) is 15.3. The van der Waals surface area contributed by atoms with E-state index in [-0.39, 0.29) is 40.3 Å². The number of hydrogen-bond donors (Lipinski definition) is 3. The van der Waals surface area contributed by atoms with Gasteiger partial charge in [-0.3, -0.25) is 14.6 Å². The molecule has 5 rings (SSSR count). The van der Waals surface area contributed by atoms with Crippen LogP contribution in [0.1, 0.15) is 86.0 Å². The Bertz CT molecular complexity index is 1590. The van der Waals surface area contributed by atoms with Crippen LogP contribution in [0.3, 0.4) is 0 Å². The van der Waals surface area contributed by atoms with Crippen LogP contribution in [0.2, 0.25) is 5.02 Å². The van der Waals surface area contributed by atoms with Crippen LogP contribution in [0.15, 0.2) is 51.7 Å². The number of rotatable bonds is 13. The zero-order valence-electron chi connectivity index (χ0n) is 23.8. The Labute approximate surface area is 257 Å². The van der Waals surface area contributed by atoms with Crippen molar-refractivity contribution in [2.24, 2.45) is 0 Å². The molecule has 224 valence electrons. The van der Waals surface area contributed by atoms with Gasteiger partial charge in [-0.2, -0.15) is 0 Å². The van der Waals surface area contributed by atoms with Crippen molar-refractivity contribution in [1.29, 1.82) is 0 Å². The van der Waals surface area contributed by atoms with Crippen molar-refractivity contribution in [3.05, 3.63) is 74.7 Å². The topological polar surface area (TPSA) is 104 Å². The number of hydrogen-bond acceptors (Lipinski definition) is 6. The molecule has 9 heteroatoms. The maximum atomic E-state index is 12.4. The van der Waals surface area contributed by atoms with E-state index >= 15 is 0 Å². The van der Waals surface area contributed by atoms with E-state index in [9.17, 15) is 14.7 Å². The number of unbranched alkanes of at least 4 members (excludes halogenated alkanes) is 7. The van der Waals surface area contributed by atoms with Crippen LogP contribution in [0, 0.1) is 0 Å². The number of carbonyl (C=O) groups is 1. The summed E-state index contributed by atoms with van der Waals surface area (Å²) in [6, 6.07) is 11.5. The number of carbonyl (C=O) groups excluding carboxylic acids is 1. The highest BCUT2D eigenvalue weighted by Crippen LogP contribution is 2.34. The monoisotopic (exact) mass is 611 g/mol. The summed E-state index contributed by atoms with van der Waals surface area (Å²) in [6.07, 6.45) is 13.6. The zero-order chi connectivity index (χ0) is 28.6. The molecular formula is C33H39Cl2N3O4. The van der Waals surface area contributed by atoms with Gasteiger partial charge in [0.25, 0.3) is 5.91 Å². The molecule has 0 spiro atoms. The van der Waals surface area contributed by atoms with E-state index in [1.165, 1.54) is 85.1 Å². The summed E-state index contributed by atoms with van der Waals surface area (Å²) >= 11 is 6.24. The number of fused-ring (bicyclic) bond motifs is 3. The minimum absolute atomic E-state index is 0. The van der Waals surface area contributed by atoms with Gasteiger partial charge in [0.05, 0.1) is 10.9 Å². The average Bonchev–Trinajstić information content (AvgIpc) is 2.97. The molecule has 0 atom stereocenters. The molecule has 42 heavy (non-hydrogen) atoms. The lowest BCUT2D eigenvalue weighted by Crippen LogP contribution is -2.25. The molecule has 1 aliphatic carbocycles. The summed E-state index contributed by atoms with van der Waals surface area (Å²) in [5, 5.41) is 18.3. The van der Waals surface area contributed by atoms with Crippen molar-refractivity contribution < 1.29 is 14.3 Å². The second-order valence-corrected chi connectivity index (χ2v) is 11.4. The number of halogens is 2. The SMILES string of the molecule is Cl.O=C(NCCCCCCCCCCNc1c2c(nc3cc(Cl)ccc13)CCCC2)c1cc(=O)c2cc(O)ccc2o1. The summed E-state index contributed by atoms with van der Waals surface area (Å²) in [6.45, 7) is 1.51. The van der Waals surface area contributed by atoms with Crippen molar-refractivity contribution in [3.8, 4) is 5.75 Å². The number of aryl methyl sites for hydroxylation is 1. The van der Waals surface area contributed by atoms with Crippen LogP contribution >= 0.6 is 24.0 Å². The van der Waals surface area contributed by atoms with Crippen molar-refractivity contribution >= 4 is 57.5 Å². The van der Waals surface area contributed by atoms with E-state index in [0.717, 1.165) is 55.6 Å². The fraction of sp³-hybridized carbons (Fsp3) is 0.424. The third kappa shape index (κ3) is 7.96. The number of phenols is 1. The van der Waals surface area contributed by atoms with E-state index in [0.29, 0.717) is 6.54 Å². The molecule has 0 unspecified atom stereocenters. The molecule has 7 nitrogen and oxygen atoms in total. The van der Waals surface area contributed by atoms with Gasteiger partial charge in [-0.25, -0.2) is 0 Å². The molecule has 0 bridgehead atoms. The molecule has 0 fully saturated rings. The summed E-state index contributed by atoms with van der Waals surface area (Å²) < 4.78 is 5.55. The van der Waals surface area contributed by atoms with E-state index < -0.39 is 5.91 Å². The number of nitrogens with zero attached hydrogens (tertiary/aromatic N) is 1. The van der Waals surface area contributed by atoms with Gasteiger partial charge in [-0.15, -0.1) is 12.4 Å². The van der Waals surface area contributed by atoms with Crippen molar-refractivity contribution in [3.63, 3.8) is 0 Å². The highest BCUT2D eigenvalue weighted by atomic mass is 35.5. The van der Waals surface area contributed by atoms with E-state index in [1.807, 2.05) is 12.1 Å². The molecule has 2 aromatic carbocycles. The van der Waals surface area contributed by atoms with Gasteiger partial charge in [-0.05, 0) is 80.5 Å². The maximum Gasteiger partial charge on any atom is 0.287 e. The van der Waals surface area contributed by atoms with Crippen LogP contribution in [0.5, 0.6) is 5.75 Å². The first kappa shape index (κ1) is 31.6. The summed E-state index contributed by atoms with van der Waals surface area (Å²) in [5.41, 5.74) is 4.81. The smallest absolute Gasteiger partial charge is 0.287 e. The quantitative estimate of drug-likeness (QED) is 0.132. The molecule has 1 aliphatic rings. The molecular weight excluding hydrogens is 573 g/mol. The molecule has 1 amide bonds. The largest absolute Gasteiger partial charge is 0.508 e. The van der Waals surface area contributed by atoms with Crippen LogP contribution < -0.4 is 16.1 Å². The number of amides is 1. The number of phenolic OH excluding ortho intramolecular Hbond substituents is 1. The highest BCUT2D eigenvalue weighted by Gasteiger charge is 2.18. The maximum absolute atomic E-state index is 12.4. The first-order valence-electron chi connectivity index (χ1n) is 14.9. The predicted octanol–water partition coefficient (Wildman–Crippen LogP) is 7.96. The standard InChI is InChI=1S/C33H38ClN3O4.ClH/c34-22-13-15-25-28(19-22)37-27-12-8-7-11-24(27)32(25)35-17-9-5-3-1-2-4-6-10-18-36-33(40)31-21-29(39)26-20-23(38)14-16-30(26)41-31;/h13-16,19-21,38H,1-12,17-18H2,(H,35,37)(H,36,40);1H. The van der Waals surface area contributed by atoms with E-state index in [2.05, 4.69) is 16.7 Å². The molecule has 0 radical (unpaired) electrons. The third-order valence-corrected chi connectivity index (χ3v) is 8.09. The lowest BCUT2D eigenvalue weighted by molar-refractivity contribution is 0.0926. The Hall–Kier alpha value is -3.29. The fourth-order valence-electron chi connectivity index (χ4n) is 5.67. The predicted molar refractivity (Wildman–Crippen MR) is 173 cm³/mol. The number of aromatic hydroxyl groups is 1. The Morgan fingerprint density at radius 3 is 2.38 bits per heavy atom. The van der Waals surface area contributed by atoms with Crippen molar-refractivity contribution in [2.75, 3.05) is 18.4 Å². The van der Waals surface area contributed by atoms with Crippen molar-refractivity contribution in [2.45, 2.75) is 77.0 Å². The van der Waals surface area contributed by atoms with Gasteiger partial charge >= 0.3 is 0 Å². The third-order valence-electron chi connectivity index (χ3n) is 7.85. The van der Waals surface area contributed by atoms with Gasteiger partial charge in [0.15, 0.2) is 11.2 Å². The lowest BCUT2D eigenvalue weighted by atomic mass is 9.92. The molecule has 2 aromatic heterocycles. The number of aromatic nitrogens is 1. The number of benzene rings is 2. The fourth-order valence-corrected chi connectivity index (χ4v) is 5.84. The van der Waals surface area contributed by atoms with E-state index in [4.69, 9.17) is 21.0 Å². The number of nitrogens with one attached hydrogen (secondary N) is 2. The number of anilines is 1. The Balaban J connectivity index is 0.00000405. The molecule has 0 saturated carbocycles. The Kier molecular flexibility index (Phi) is 11.5. The molecule has 4 aromatic rings. The summed E-state index contributed by atoms with van der Waals surface area (Å²) in [5.74, 6) is -0.419. The Morgan fingerprint density at radius 2 is 1.60 bits per heavy atom. The van der Waals surface area contributed by atoms with Gasteiger partial charge in [-0.1, -0.05) is 50.1 Å². The first-order chi connectivity index (χ1) is 20.0. The van der Waals surface area contributed by atoms with Crippen molar-refractivity contribution in [1.82, 2.24) is 10.3 Å². The second-order valence-electron chi connectivity index (χ2n) is 10.9. The van der Waals surface area contributed by atoms with Crippen LogP contribution in [0.25, 0.3) is 21.9 Å². The van der Waals surface area contributed by atoms with Gasteiger partial charge < -0.3 is 20.2 Å². The molecule has 0 saturated heterocycles. The second kappa shape index (κ2) is 15.3. The lowest BCUT2D eigenvalue weighted by Gasteiger charge is -2.22. The van der Waals surface area contributed by atoms with Gasteiger partial charge in [0.1, 0.15) is 11.3 Å². The van der Waals surface area contributed by atoms with E-state index in [1.54, 1.807) is 0 Å². The summed E-state index contributed by atoms with van der Waals surface area (Å²) in [7, 11) is 0. The number of pyridine rings is 1. The minimum Gasteiger partial charge on any atom is -0.508 e. The molecule has 3 N–H and O–H groups in total. The average molecular weight is 613 g/mol. The van der Waals surface area contributed by atoms with Gasteiger partial charge in [0, 0.05) is 40.9 Å². The van der Waals surface area contributed by atoms with Crippen LogP contribution in [0.4, 0.5) is 5.69 Å². The minimum atomic E-state index is -0.394. The normalized spacial score (nSPS) is 12.6. The highest BCUT2D eigenvalue weighted by molar-refractivity contribution is 6.31. The van der Waals surface area contributed by atoms with Crippen LogP contribution in [-0.4, -0.2) is 29.1 Å². The Morgan fingerprint density at radius 1 is 0.881 bits per heavy atom. The zero-order valence-corrected chi connectivity index (χ0v) is 25.4. The van der Waals surface area contributed by atoms with Gasteiger partial charge in [0.2, 0.25) is 0 Å². The molecule has 0 aliphatic heterocycles. The summed E-state index contributed by atoms with van der Waals surface area (Å²) in [4.78, 5) is 29.5. The molecule has 2 heterocycles. The van der Waals surface area contributed by atoms with Crippen LogP contribution in [-0.2, 0) is 12.8 Å².